The lowest BCUT2D eigenvalue weighted by Gasteiger charge is -2.33. The van der Waals surface area contributed by atoms with Crippen LogP contribution in [-0.4, -0.2) is 62.0 Å². The van der Waals surface area contributed by atoms with E-state index in [4.69, 9.17) is 10.5 Å². The quantitative estimate of drug-likeness (QED) is 0.624. The van der Waals surface area contributed by atoms with Crippen LogP contribution in [0.4, 0.5) is 24.5 Å². The Morgan fingerprint density at radius 1 is 1.35 bits per heavy atom. The molecule has 1 heterocycles. The summed E-state index contributed by atoms with van der Waals surface area (Å²) >= 11 is 0. The standard InChI is InChI=1S/C20H25F3N4O4/c1-26(10-12-3-2-4-12)17(18(24)29)19(30)25-15-6-5-13(9-14(15)20(21,22)23)27-7-8-31-11-16(27)28/h5-6,9,12,17H,2-4,7-8,10-11H2,1H3,(H2,24,29)(H,25,30)/t17-/m1/s1. The Bertz CT molecular complexity index is 857. The number of nitrogens with two attached hydrogens (primary N) is 1. The Hall–Kier alpha value is -2.66. The van der Waals surface area contributed by atoms with Gasteiger partial charge in [-0.2, -0.15) is 13.2 Å². The fourth-order valence-electron chi connectivity index (χ4n) is 3.77. The van der Waals surface area contributed by atoms with Crippen LogP contribution >= 0.6 is 0 Å². The molecule has 3 N–H and O–H groups in total. The molecule has 2 aliphatic rings. The van der Waals surface area contributed by atoms with Gasteiger partial charge in [0.15, 0.2) is 6.04 Å². The molecule has 1 saturated carbocycles. The first-order valence-corrected chi connectivity index (χ1v) is 9.97. The lowest BCUT2D eigenvalue weighted by Crippen LogP contribution is -2.52. The predicted octanol–water partition coefficient (Wildman–Crippen LogP) is 1.59. The van der Waals surface area contributed by atoms with E-state index in [-0.39, 0.29) is 25.4 Å². The molecule has 1 aromatic rings. The molecule has 0 radical (unpaired) electrons. The van der Waals surface area contributed by atoms with E-state index in [1.807, 2.05) is 0 Å². The van der Waals surface area contributed by atoms with Gasteiger partial charge in [0, 0.05) is 18.8 Å². The molecule has 2 fully saturated rings. The topological polar surface area (TPSA) is 105 Å². The summed E-state index contributed by atoms with van der Waals surface area (Å²) in [6, 6.07) is 1.78. The molecule has 0 spiro atoms. The number of morpholine rings is 1. The molecule has 1 aliphatic heterocycles. The second-order valence-electron chi connectivity index (χ2n) is 7.86. The average molecular weight is 442 g/mol. The number of hydrogen-bond acceptors (Lipinski definition) is 5. The Morgan fingerprint density at radius 2 is 2.06 bits per heavy atom. The predicted molar refractivity (Wildman–Crippen MR) is 106 cm³/mol. The van der Waals surface area contributed by atoms with Gasteiger partial charge >= 0.3 is 6.18 Å². The van der Waals surface area contributed by atoms with Gasteiger partial charge in [0.1, 0.15) is 6.61 Å². The molecular weight excluding hydrogens is 417 g/mol. The fraction of sp³-hybridized carbons (Fsp3) is 0.550. The number of carbonyl (C=O) groups excluding carboxylic acids is 3. The second-order valence-corrected chi connectivity index (χ2v) is 7.86. The van der Waals surface area contributed by atoms with Gasteiger partial charge in [-0.25, -0.2) is 0 Å². The van der Waals surface area contributed by atoms with Gasteiger partial charge in [0.05, 0.1) is 17.9 Å². The fourth-order valence-corrected chi connectivity index (χ4v) is 3.77. The van der Waals surface area contributed by atoms with E-state index in [0.717, 1.165) is 31.4 Å². The number of rotatable bonds is 7. The van der Waals surface area contributed by atoms with Crippen molar-refractivity contribution >= 4 is 29.1 Å². The van der Waals surface area contributed by atoms with Crippen LogP contribution in [0.25, 0.3) is 0 Å². The summed E-state index contributed by atoms with van der Waals surface area (Å²) in [5.41, 5.74) is 3.79. The van der Waals surface area contributed by atoms with Gasteiger partial charge in [0.25, 0.3) is 11.8 Å². The number of alkyl halides is 3. The summed E-state index contributed by atoms with van der Waals surface area (Å²) in [7, 11) is 1.55. The SMILES string of the molecule is CN(CC1CCC1)[C@H](C(N)=O)C(=O)Nc1ccc(N2CCOCC2=O)cc1C(F)(F)F. The molecule has 8 nitrogen and oxygen atoms in total. The summed E-state index contributed by atoms with van der Waals surface area (Å²) in [4.78, 5) is 39.2. The third-order valence-electron chi connectivity index (χ3n) is 5.59. The molecule has 3 amide bonds. The summed E-state index contributed by atoms with van der Waals surface area (Å²) < 4.78 is 46.1. The Morgan fingerprint density at radius 3 is 2.61 bits per heavy atom. The maximum atomic E-state index is 13.7. The van der Waals surface area contributed by atoms with Gasteiger partial charge in [-0.1, -0.05) is 6.42 Å². The third-order valence-corrected chi connectivity index (χ3v) is 5.59. The van der Waals surface area contributed by atoms with Gasteiger partial charge in [0.2, 0.25) is 5.91 Å². The average Bonchev–Trinajstić information content (AvgIpc) is 2.64. The van der Waals surface area contributed by atoms with Crippen LogP contribution in [-0.2, 0) is 25.3 Å². The molecule has 1 aromatic carbocycles. The molecule has 170 valence electrons. The molecule has 3 rings (SSSR count). The molecular formula is C20H25F3N4O4. The lowest BCUT2D eigenvalue weighted by atomic mass is 9.85. The van der Waals surface area contributed by atoms with Crippen molar-refractivity contribution in [2.75, 3.05) is 43.6 Å². The molecule has 31 heavy (non-hydrogen) atoms. The minimum absolute atomic E-state index is 0.0483. The highest BCUT2D eigenvalue weighted by molar-refractivity contribution is 6.10. The summed E-state index contributed by atoms with van der Waals surface area (Å²) in [6.45, 7) is 0.565. The minimum atomic E-state index is -4.80. The molecule has 0 bridgehead atoms. The molecule has 1 saturated heterocycles. The number of likely N-dealkylation sites (N-methyl/N-ethyl adjacent to an activating group) is 1. The minimum Gasteiger partial charge on any atom is -0.370 e. The molecule has 0 unspecified atom stereocenters. The first kappa shape index (κ1) is 23.0. The summed E-state index contributed by atoms with van der Waals surface area (Å²) in [5, 5.41) is 2.20. The van der Waals surface area contributed by atoms with Crippen molar-refractivity contribution in [1.82, 2.24) is 4.90 Å². The van der Waals surface area contributed by atoms with Crippen molar-refractivity contribution in [1.29, 1.82) is 0 Å². The smallest absolute Gasteiger partial charge is 0.370 e. The van der Waals surface area contributed by atoms with Crippen LogP contribution < -0.4 is 16.0 Å². The Balaban J connectivity index is 1.83. The zero-order valence-electron chi connectivity index (χ0n) is 17.1. The van der Waals surface area contributed by atoms with Crippen LogP contribution in [0.15, 0.2) is 18.2 Å². The second kappa shape index (κ2) is 9.23. The van der Waals surface area contributed by atoms with Crippen molar-refractivity contribution < 1.29 is 32.3 Å². The molecule has 11 heteroatoms. The largest absolute Gasteiger partial charge is 0.418 e. The van der Waals surface area contributed by atoms with E-state index in [0.29, 0.717) is 12.5 Å². The van der Waals surface area contributed by atoms with E-state index in [9.17, 15) is 27.6 Å². The highest BCUT2D eigenvalue weighted by Crippen LogP contribution is 2.38. The molecule has 1 atom stereocenters. The maximum absolute atomic E-state index is 13.7. The summed E-state index contributed by atoms with van der Waals surface area (Å²) in [5.74, 6) is -2.00. The number of carbonyl (C=O) groups is 3. The van der Waals surface area contributed by atoms with Crippen molar-refractivity contribution in [3.63, 3.8) is 0 Å². The number of nitrogens with zero attached hydrogens (tertiary/aromatic N) is 2. The molecule has 1 aliphatic carbocycles. The first-order chi connectivity index (χ1) is 14.6. The van der Waals surface area contributed by atoms with Crippen LogP contribution in [0.1, 0.15) is 24.8 Å². The van der Waals surface area contributed by atoms with Crippen molar-refractivity contribution in [2.24, 2.45) is 11.7 Å². The highest BCUT2D eigenvalue weighted by Gasteiger charge is 2.37. The zero-order chi connectivity index (χ0) is 22.8. The van der Waals surface area contributed by atoms with Gasteiger partial charge in [-0.05, 0) is 44.0 Å². The van der Waals surface area contributed by atoms with E-state index in [1.54, 1.807) is 7.05 Å². The van der Waals surface area contributed by atoms with Gasteiger partial charge in [-0.15, -0.1) is 0 Å². The summed E-state index contributed by atoms with van der Waals surface area (Å²) in [6.07, 6.45) is -1.79. The number of amides is 3. The number of anilines is 2. The Kier molecular flexibility index (Phi) is 6.85. The van der Waals surface area contributed by atoms with Crippen molar-refractivity contribution in [3.8, 4) is 0 Å². The number of nitrogens with one attached hydrogen (secondary N) is 1. The first-order valence-electron chi connectivity index (χ1n) is 9.97. The van der Waals surface area contributed by atoms with Crippen LogP contribution in [0.5, 0.6) is 0 Å². The van der Waals surface area contributed by atoms with Crippen molar-refractivity contribution in [3.05, 3.63) is 23.8 Å². The monoisotopic (exact) mass is 442 g/mol. The number of hydrogen-bond donors (Lipinski definition) is 2. The number of halogens is 3. The van der Waals surface area contributed by atoms with E-state index in [1.165, 1.54) is 15.9 Å². The number of benzene rings is 1. The normalized spacial score (nSPS) is 18.6. The number of primary amides is 1. The van der Waals surface area contributed by atoms with Crippen molar-refractivity contribution in [2.45, 2.75) is 31.5 Å². The van der Waals surface area contributed by atoms with E-state index in [2.05, 4.69) is 5.32 Å². The molecule has 0 aromatic heterocycles. The van der Waals surface area contributed by atoms with Crippen LogP contribution in [0.3, 0.4) is 0 Å². The van der Waals surface area contributed by atoms with Gasteiger partial charge < -0.3 is 20.7 Å². The van der Waals surface area contributed by atoms with E-state index < -0.39 is 41.2 Å². The zero-order valence-corrected chi connectivity index (χ0v) is 17.1. The lowest BCUT2D eigenvalue weighted by molar-refractivity contribution is -0.137. The number of ether oxygens (including phenoxy) is 1. The maximum Gasteiger partial charge on any atom is 0.418 e. The van der Waals surface area contributed by atoms with E-state index >= 15 is 0 Å². The van der Waals surface area contributed by atoms with Crippen LogP contribution in [0, 0.1) is 5.92 Å². The van der Waals surface area contributed by atoms with Gasteiger partial charge in [-0.3, -0.25) is 19.3 Å². The van der Waals surface area contributed by atoms with Crippen LogP contribution in [0.2, 0.25) is 0 Å². The highest BCUT2D eigenvalue weighted by atomic mass is 19.4. The third kappa shape index (κ3) is 5.34. The Labute approximate surface area is 177 Å².